The van der Waals surface area contributed by atoms with E-state index in [2.05, 4.69) is 21.5 Å². The average molecular weight is 275 g/mol. The van der Waals surface area contributed by atoms with Crippen molar-refractivity contribution < 1.29 is 9.52 Å². The molecule has 0 radical (unpaired) electrons. The smallest absolute Gasteiger partial charge is 0.176 e. The predicted octanol–water partition coefficient (Wildman–Crippen LogP) is 2.12. The van der Waals surface area contributed by atoms with Crippen molar-refractivity contribution in [3.63, 3.8) is 0 Å². The van der Waals surface area contributed by atoms with E-state index in [1.54, 1.807) is 12.3 Å². The molecule has 2 aromatic rings. The highest BCUT2D eigenvalue weighted by Gasteiger charge is 2.21. The molecule has 0 aromatic carbocycles. The van der Waals surface area contributed by atoms with E-state index in [9.17, 15) is 0 Å². The summed E-state index contributed by atoms with van der Waals surface area (Å²) in [6.45, 7) is 2.02. The van der Waals surface area contributed by atoms with Gasteiger partial charge in [-0.25, -0.2) is 4.98 Å². The molecule has 0 spiro atoms. The largest absolute Gasteiger partial charge is 0.455 e. The Balaban J connectivity index is 1.79. The van der Waals surface area contributed by atoms with Crippen molar-refractivity contribution in [1.29, 1.82) is 0 Å². The zero-order valence-electron chi connectivity index (χ0n) is 11.8. The normalized spacial score (nSPS) is 20.4. The second-order valence-electron chi connectivity index (χ2n) is 5.46. The number of aliphatic hydroxyl groups is 1. The lowest BCUT2D eigenvalue weighted by molar-refractivity contribution is 0.167. The lowest BCUT2D eigenvalue weighted by Crippen LogP contribution is -2.39. The third-order valence-electron chi connectivity index (χ3n) is 4.08. The first-order valence-corrected chi connectivity index (χ1v) is 7.19. The van der Waals surface area contributed by atoms with Gasteiger partial charge in [0.05, 0.1) is 0 Å². The van der Waals surface area contributed by atoms with Crippen LogP contribution in [-0.2, 0) is 13.2 Å². The van der Waals surface area contributed by atoms with Gasteiger partial charge in [0.2, 0.25) is 0 Å². The fourth-order valence-corrected chi connectivity index (χ4v) is 2.87. The lowest BCUT2D eigenvalue weighted by atomic mass is 10.0. The van der Waals surface area contributed by atoms with Gasteiger partial charge >= 0.3 is 0 Å². The van der Waals surface area contributed by atoms with Crippen LogP contribution in [0.3, 0.4) is 0 Å². The number of nitrogens with zero attached hydrogens (tertiary/aromatic N) is 3. The second kappa shape index (κ2) is 5.81. The predicted molar refractivity (Wildman–Crippen MR) is 76.1 cm³/mol. The summed E-state index contributed by atoms with van der Waals surface area (Å²) in [5.74, 6) is 2.13. The standard InChI is InChI=1S/C15H21N3O2/c1-17-8-3-2-4-12(17)10-18-9-7-16-15(18)14-6-5-13(11-19)20-14/h5-7,9,12,19H,2-4,8,10-11H2,1H3/t12-/m0/s1. The fourth-order valence-electron chi connectivity index (χ4n) is 2.87. The molecular weight excluding hydrogens is 254 g/mol. The summed E-state index contributed by atoms with van der Waals surface area (Å²) in [6.07, 6.45) is 7.63. The molecular formula is C15H21N3O2. The minimum atomic E-state index is -0.0773. The van der Waals surface area contributed by atoms with Crippen LogP contribution in [0.1, 0.15) is 25.0 Å². The van der Waals surface area contributed by atoms with Gasteiger partial charge < -0.3 is 19.0 Å². The van der Waals surface area contributed by atoms with Gasteiger partial charge in [0, 0.05) is 25.0 Å². The van der Waals surface area contributed by atoms with Crippen LogP contribution >= 0.6 is 0 Å². The Labute approximate surface area is 118 Å². The minimum absolute atomic E-state index is 0.0773. The van der Waals surface area contributed by atoms with E-state index in [1.807, 2.05) is 12.3 Å². The minimum Gasteiger partial charge on any atom is -0.455 e. The van der Waals surface area contributed by atoms with Gasteiger partial charge in [-0.05, 0) is 38.6 Å². The molecule has 3 heterocycles. The van der Waals surface area contributed by atoms with E-state index >= 15 is 0 Å². The summed E-state index contributed by atoms with van der Waals surface area (Å²) in [5, 5.41) is 9.09. The fraction of sp³-hybridized carbons (Fsp3) is 0.533. The number of likely N-dealkylation sites (N-methyl/N-ethyl adjacent to an activating group) is 1. The molecule has 2 aromatic heterocycles. The van der Waals surface area contributed by atoms with Gasteiger partial charge in [0.15, 0.2) is 11.6 Å². The molecule has 5 heteroatoms. The maximum atomic E-state index is 9.09. The number of imidazole rings is 1. The van der Waals surface area contributed by atoms with Gasteiger partial charge in [0.1, 0.15) is 12.4 Å². The Kier molecular flexibility index (Phi) is 3.89. The molecule has 1 aliphatic heterocycles. The molecule has 108 valence electrons. The van der Waals surface area contributed by atoms with Crippen LogP contribution in [0, 0.1) is 0 Å². The van der Waals surface area contributed by atoms with Crippen molar-refractivity contribution in [2.24, 2.45) is 0 Å². The first-order valence-electron chi connectivity index (χ1n) is 7.19. The molecule has 0 saturated carbocycles. The maximum Gasteiger partial charge on any atom is 0.176 e. The van der Waals surface area contributed by atoms with Gasteiger partial charge in [0.25, 0.3) is 0 Å². The van der Waals surface area contributed by atoms with E-state index in [1.165, 1.54) is 25.8 Å². The molecule has 1 aliphatic rings. The third-order valence-corrected chi connectivity index (χ3v) is 4.08. The van der Waals surface area contributed by atoms with Crippen LogP contribution < -0.4 is 0 Å². The summed E-state index contributed by atoms with van der Waals surface area (Å²) in [6, 6.07) is 4.22. The van der Waals surface area contributed by atoms with Gasteiger partial charge in [-0.15, -0.1) is 0 Å². The molecule has 0 amide bonds. The molecule has 20 heavy (non-hydrogen) atoms. The first-order chi connectivity index (χ1) is 9.78. The molecule has 0 unspecified atom stereocenters. The number of furan rings is 1. The second-order valence-corrected chi connectivity index (χ2v) is 5.46. The van der Waals surface area contributed by atoms with E-state index in [0.717, 1.165) is 18.1 Å². The van der Waals surface area contributed by atoms with Gasteiger partial charge in [-0.2, -0.15) is 0 Å². The van der Waals surface area contributed by atoms with Crippen LogP contribution in [0.4, 0.5) is 0 Å². The first kappa shape index (κ1) is 13.4. The zero-order chi connectivity index (χ0) is 13.9. The Morgan fingerprint density at radius 1 is 1.40 bits per heavy atom. The monoisotopic (exact) mass is 275 g/mol. The van der Waals surface area contributed by atoms with E-state index < -0.39 is 0 Å². The lowest BCUT2D eigenvalue weighted by Gasteiger charge is -2.32. The molecule has 0 aliphatic carbocycles. The molecule has 1 atom stereocenters. The summed E-state index contributed by atoms with van der Waals surface area (Å²) in [7, 11) is 2.19. The van der Waals surface area contributed by atoms with Crippen LogP contribution in [0.2, 0.25) is 0 Å². The number of hydrogen-bond acceptors (Lipinski definition) is 4. The SMILES string of the molecule is CN1CCCC[C@H]1Cn1ccnc1-c1ccc(CO)o1. The Morgan fingerprint density at radius 2 is 2.30 bits per heavy atom. The van der Waals surface area contributed by atoms with Crippen LogP contribution in [0.25, 0.3) is 11.6 Å². The highest BCUT2D eigenvalue weighted by molar-refractivity contribution is 5.47. The van der Waals surface area contributed by atoms with Crippen LogP contribution in [0.15, 0.2) is 28.9 Å². The molecule has 3 rings (SSSR count). The number of piperidine rings is 1. The molecule has 1 N–H and O–H groups in total. The Bertz CT molecular complexity index is 561. The quantitative estimate of drug-likeness (QED) is 0.928. The maximum absolute atomic E-state index is 9.09. The van der Waals surface area contributed by atoms with Gasteiger partial charge in [-0.1, -0.05) is 6.42 Å². The van der Waals surface area contributed by atoms with E-state index in [-0.39, 0.29) is 6.61 Å². The summed E-state index contributed by atoms with van der Waals surface area (Å²) in [5.41, 5.74) is 0. The van der Waals surface area contributed by atoms with Gasteiger partial charge in [-0.3, -0.25) is 0 Å². The number of rotatable bonds is 4. The summed E-state index contributed by atoms with van der Waals surface area (Å²) >= 11 is 0. The number of likely N-dealkylation sites (tertiary alicyclic amines) is 1. The van der Waals surface area contributed by atoms with Crippen molar-refractivity contribution >= 4 is 0 Å². The van der Waals surface area contributed by atoms with Crippen molar-refractivity contribution in [1.82, 2.24) is 14.5 Å². The van der Waals surface area contributed by atoms with Crippen molar-refractivity contribution in [3.8, 4) is 11.6 Å². The highest BCUT2D eigenvalue weighted by Crippen LogP contribution is 2.23. The van der Waals surface area contributed by atoms with Crippen LogP contribution in [-0.4, -0.2) is 39.2 Å². The van der Waals surface area contributed by atoms with Crippen molar-refractivity contribution in [2.75, 3.05) is 13.6 Å². The number of aromatic nitrogens is 2. The van der Waals surface area contributed by atoms with Crippen molar-refractivity contribution in [2.45, 2.75) is 38.5 Å². The molecule has 5 nitrogen and oxygen atoms in total. The number of hydrogen-bond donors (Lipinski definition) is 1. The Morgan fingerprint density at radius 3 is 3.05 bits per heavy atom. The molecule has 1 fully saturated rings. The van der Waals surface area contributed by atoms with E-state index in [4.69, 9.17) is 9.52 Å². The molecule has 1 saturated heterocycles. The van der Waals surface area contributed by atoms with Crippen molar-refractivity contribution in [3.05, 3.63) is 30.3 Å². The number of aliphatic hydroxyl groups excluding tert-OH is 1. The van der Waals surface area contributed by atoms with E-state index in [0.29, 0.717) is 11.8 Å². The Hall–Kier alpha value is -1.59. The average Bonchev–Trinajstić information content (AvgIpc) is 3.09. The third kappa shape index (κ3) is 2.64. The summed E-state index contributed by atoms with van der Waals surface area (Å²) in [4.78, 5) is 6.82. The van der Waals surface area contributed by atoms with Crippen LogP contribution in [0.5, 0.6) is 0 Å². The highest BCUT2D eigenvalue weighted by atomic mass is 16.4. The topological polar surface area (TPSA) is 54.4 Å². The summed E-state index contributed by atoms with van der Waals surface area (Å²) < 4.78 is 7.73. The zero-order valence-corrected chi connectivity index (χ0v) is 11.8. The molecule has 0 bridgehead atoms.